The Morgan fingerprint density at radius 2 is 1.25 bits per heavy atom. The highest BCUT2D eigenvalue weighted by Crippen LogP contribution is 2.24. The maximum absolute atomic E-state index is 10.2. The van der Waals surface area contributed by atoms with Gasteiger partial charge >= 0.3 is 12.3 Å². The lowest BCUT2D eigenvalue weighted by molar-refractivity contribution is 0.139. The molecule has 1 rings (SSSR count). The molecule has 16 heavy (non-hydrogen) atoms. The maximum atomic E-state index is 10.2. The molecule has 0 radical (unpaired) electrons. The first-order chi connectivity index (χ1) is 7.40. The molecule has 1 aromatic heterocycles. The lowest BCUT2D eigenvalue weighted by Crippen LogP contribution is -2.13. The minimum atomic E-state index is -1.66. The molecule has 6 N–H and O–H groups in total. The van der Waals surface area contributed by atoms with Crippen LogP contribution in [0.15, 0.2) is 0 Å². The zero-order valence-corrected chi connectivity index (χ0v) is 7.58. The molecule has 0 saturated heterocycles. The third-order valence-electron chi connectivity index (χ3n) is 1.25. The molecule has 0 unspecified atom stereocenters. The summed E-state index contributed by atoms with van der Waals surface area (Å²) in [6.07, 6.45) is -3.32. The highest BCUT2D eigenvalue weighted by Gasteiger charge is 2.16. The molecule has 86 valence electrons. The fraction of sp³-hybridized carbons (Fsp3) is 0. The molecule has 0 spiro atoms. The number of hydrogen-bond acceptors (Lipinski definition) is 8. The van der Waals surface area contributed by atoms with Crippen molar-refractivity contribution in [1.29, 1.82) is 0 Å². The lowest BCUT2D eigenvalue weighted by Gasteiger charge is -2.06. The Morgan fingerprint density at radius 1 is 0.938 bits per heavy atom. The van der Waals surface area contributed by atoms with E-state index in [1.807, 2.05) is 0 Å². The highest BCUT2D eigenvalue weighted by atomic mass is 16.7. The fourth-order valence-corrected chi connectivity index (χ4v) is 0.745. The SMILES string of the molecule is Nc1nc(OC(=O)O)c(N)nc1OC(=O)O. The van der Waals surface area contributed by atoms with Gasteiger partial charge in [-0.05, 0) is 0 Å². The van der Waals surface area contributed by atoms with Crippen LogP contribution in [0.1, 0.15) is 0 Å². The van der Waals surface area contributed by atoms with Gasteiger partial charge in [-0.15, -0.1) is 0 Å². The van der Waals surface area contributed by atoms with Crippen molar-refractivity contribution in [2.45, 2.75) is 0 Å². The fourth-order valence-electron chi connectivity index (χ4n) is 0.745. The summed E-state index contributed by atoms with van der Waals surface area (Å²) in [4.78, 5) is 27.1. The number of hydrogen-bond donors (Lipinski definition) is 4. The number of nitrogens with zero attached hydrogens (tertiary/aromatic N) is 2. The van der Waals surface area contributed by atoms with Crippen molar-refractivity contribution < 1.29 is 29.3 Å². The summed E-state index contributed by atoms with van der Waals surface area (Å²) in [7, 11) is 0. The van der Waals surface area contributed by atoms with Gasteiger partial charge in [0.1, 0.15) is 0 Å². The van der Waals surface area contributed by atoms with E-state index in [1.165, 1.54) is 0 Å². The van der Waals surface area contributed by atoms with E-state index in [-0.39, 0.29) is 0 Å². The summed E-state index contributed by atoms with van der Waals surface area (Å²) < 4.78 is 8.24. The van der Waals surface area contributed by atoms with Gasteiger partial charge in [-0.25, -0.2) is 9.59 Å². The predicted molar refractivity (Wildman–Crippen MR) is 48.2 cm³/mol. The van der Waals surface area contributed by atoms with Gasteiger partial charge in [0.05, 0.1) is 0 Å². The molecule has 0 atom stereocenters. The van der Waals surface area contributed by atoms with Gasteiger partial charge in [0.2, 0.25) is 0 Å². The van der Waals surface area contributed by atoms with Crippen LogP contribution >= 0.6 is 0 Å². The van der Waals surface area contributed by atoms with Gasteiger partial charge in [-0.3, -0.25) is 0 Å². The molecule has 1 heterocycles. The molecule has 0 saturated carbocycles. The smallest absolute Gasteiger partial charge is 0.449 e. The third kappa shape index (κ3) is 2.60. The van der Waals surface area contributed by atoms with Crippen molar-refractivity contribution in [2.24, 2.45) is 0 Å². The number of rotatable bonds is 2. The molecule has 10 nitrogen and oxygen atoms in total. The molecule has 0 aliphatic heterocycles. The van der Waals surface area contributed by atoms with Crippen molar-refractivity contribution in [1.82, 2.24) is 9.97 Å². The van der Waals surface area contributed by atoms with Crippen LogP contribution < -0.4 is 20.9 Å². The number of aromatic nitrogens is 2. The number of carboxylic acid groups (broad SMARTS) is 2. The van der Waals surface area contributed by atoms with Crippen LogP contribution in [-0.2, 0) is 0 Å². The summed E-state index contributed by atoms with van der Waals surface area (Å²) in [6.45, 7) is 0. The van der Waals surface area contributed by atoms with Crippen molar-refractivity contribution in [3.05, 3.63) is 0 Å². The Labute approximate surface area is 87.4 Å². The minimum Gasteiger partial charge on any atom is -0.449 e. The average Bonchev–Trinajstić information content (AvgIpc) is 2.11. The van der Waals surface area contributed by atoms with Crippen LogP contribution in [-0.4, -0.2) is 32.5 Å². The van der Waals surface area contributed by atoms with Crippen molar-refractivity contribution in [2.75, 3.05) is 11.5 Å². The van der Waals surface area contributed by atoms with Crippen LogP contribution in [0.2, 0.25) is 0 Å². The summed E-state index contributed by atoms with van der Waals surface area (Å²) in [6, 6.07) is 0. The van der Waals surface area contributed by atoms with Crippen LogP contribution in [0.25, 0.3) is 0 Å². The zero-order chi connectivity index (χ0) is 12.3. The number of ether oxygens (including phenoxy) is 2. The van der Waals surface area contributed by atoms with Gasteiger partial charge < -0.3 is 31.2 Å². The molecular weight excluding hydrogens is 224 g/mol. The van der Waals surface area contributed by atoms with E-state index in [0.717, 1.165) is 0 Å². The first-order valence-electron chi connectivity index (χ1n) is 3.64. The summed E-state index contributed by atoms with van der Waals surface area (Å²) in [5, 5.41) is 16.6. The van der Waals surface area contributed by atoms with Gasteiger partial charge in [-0.2, -0.15) is 9.97 Å². The molecule has 0 fully saturated rings. The van der Waals surface area contributed by atoms with E-state index < -0.39 is 35.7 Å². The standard InChI is InChI=1S/C6H6N4O6/c7-1-3(15-5(11)12)10-2(8)4(9-1)16-6(13)14/h(H2,7,9)(H2,8,10)(H,11,12)(H,13,14). The highest BCUT2D eigenvalue weighted by molar-refractivity contribution is 5.66. The van der Waals surface area contributed by atoms with Crippen LogP contribution in [0.3, 0.4) is 0 Å². The number of nitrogen functional groups attached to an aromatic ring is 2. The largest absolute Gasteiger partial charge is 0.512 e. The molecule has 0 aliphatic rings. The monoisotopic (exact) mass is 230 g/mol. The Balaban J connectivity index is 3.06. The summed E-state index contributed by atoms with van der Waals surface area (Å²) >= 11 is 0. The van der Waals surface area contributed by atoms with Crippen molar-refractivity contribution in [3.8, 4) is 11.8 Å². The Bertz CT molecular complexity index is 405. The quantitative estimate of drug-likeness (QED) is 0.496. The van der Waals surface area contributed by atoms with E-state index in [0.29, 0.717) is 0 Å². The van der Waals surface area contributed by atoms with Gasteiger partial charge in [-0.1, -0.05) is 0 Å². The van der Waals surface area contributed by atoms with E-state index >= 15 is 0 Å². The van der Waals surface area contributed by atoms with Gasteiger partial charge in [0.25, 0.3) is 11.8 Å². The maximum Gasteiger partial charge on any atom is 0.512 e. The van der Waals surface area contributed by atoms with Crippen molar-refractivity contribution >= 4 is 23.9 Å². The summed E-state index contributed by atoms with van der Waals surface area (Å²) in [5.41, 5.74) is 10.4. The van der Waals surface area contributed by atoms with Crippen LogP contribution in [0.5, 0.6) is 11.8 Å². The Morgan fingerprint density at radius 3 is 1.50 bits per heavy atom. The van der Waals surface area contributed by atoms with Gasteiger partial charge in [0, 0.05) is 0 Å². The van der Waals surface area contributed by atoms with Crippen molar-refractivity contribution in [3.63, 3.8) is 0 Å². The Kier molecular flexibility index (Phi) is 2.94. The topological polar surface area (TPSA) is 171 Å². The molecule has 10 heteroatoms. The Hall–Kier alpha value is -2.78. The molecule has 1 aromatic rings. The normalized spacial score (nSPS) is 9.50. The summed E-state index contributed by atoms with van der Waals surface area (Å²) in [5.74, 6) is -2.04. The molecule has 0 aliphatic carbocycles. The molecule has 0 amide bonds. The molecule has 0 aromatic carbocycles. The predicted octanol–water partition coefficient (Wildman–Crippen LogP) is -0.245. The second kappa shape index (κ2) is 4.16. The molecular formula is C6H6N4O6. The van der Waals surface area contributed by atoms with E-state index in [4.69, 9.17) is 21.7 Å². The third-order valence-corrected chi connectivity index (χ3v) is 1.25. The van der Waals surface area contributed by atoms with E-state index in [1.54, 1.807) is 0 Å². The number of carbonyl (C=O) groups is 2. The first-order valence-corrected chi connectivity index (χ1v) is 3.64. The second-order valence-electron chi connectivity index (χ2n) is 2.34. The van der Waals surface area contributed by atoms with Crippen LogP contribution in [0.4, 0.5) is 21.2 Å². The molecule has 0 bridgehead atoms. The van der Waals surface area contributed by atoms with E-state index in [9.17, 15) is 9.59 Å². The first kappa shape index (κ1) is 11.3. The van der Waals surface area contributed by atoms with Gasteiger partial charge in [0.15, 0.2) is 11.6 Å². The zero-order valence-electron chi connectivity index (χ0n) is 7.58. The van der Waals surface area contributed by atoms with E-state index in [2.05, 4.69) is 19.4 Å². The number of anilines is 2. The van der Waals surface area contributed by atoms with Crippen LogP contribution in [0, 0.1) is 0 Å². The lowest BCUT2D eigenvalue weighted by atomic mass is 10.6. The number of nitrogens with two attached hydrogens (primary N) is 2. The minimum absolute atomic E-state index is 0.465. The average molecular weight is 230 g/mol. The second-order valence-corrected chi connectivity index (χ2v) is 2.34.